The van der Waals surface area contributed by atoms with Crippen LogP contribution in [0.1, 0.15) is 20.8 Å². The van der Waals surface area contributed by atoms with Crippen LogP contribution in [-0.4, -0.2) is 66.5 Å². The van der Waals surface area contributed by atoms with E-state index in [2.05, 4.69) is 12.0 Å². The molecule has 0 spiro atoms. The second-order valence-corrected chi connectivity index (χ2v) is 5.61. The van der Waals surface area contributed by atoms with Crippen LogP contribution in [0.5, 0.6) is 0 Å². The third-order valence-electron chi connectivity index (χ3n) is 4.14. The monoisotopic (exact) mass is 300 g/mol. The zero-order chi connectivity index (χ0) is 15.4. The lowest BCUT2D eigenvalue weighted by Gasteiger charge is -2.27. The first kappa shape index (κ1) is 16.0. The molecule has 0 aromatic rings. The van der Waals surface area contributed by atoms with Crippen molar-refractivity contribution in [3.63, 3.8) is 0 Å². The summed E-state index contributed by atoms with van der Waals surface area (Å²) in [5, 5.41) is 13.8. The third-order valence-corrected chi connectivity index (χ3v) is 4.14. The van der Waals surface area contributed by atoms with Crippen molar-refractivity contribution in [2.75, 3.05) is 39.5 Å². The van der Waals surface area contributed by atoms with Gasteiger partial charge < -0.3 is 19.3 Å². The van der Waals surface area contributed by atoms with Crippen LogP contribution in [0.2, 0.25) is 0 Å². The van der Waals surface area contributed by atoms with Gasteiger partial charge in [0, 0.05) is 38.8 Å². The fraction of sp³-hybridized carbons (Fsp3) is 0.923. The van der Waals surface area contributed by atoms with Gasteiger partial charge in [-0.15, -0.1) is 0 Å². The first-order valence-corrected chi connectivity index (χ1v) is 7.46. The number of nitro groups is 1. The molecule has 2 saturated heterocycles. The van der Waals surface area contributed by atoms with Crippen molar-refractivity contribution >= 4 is 5.96 Å². The molecule has 2 fully saturated rings. The molecule has 0 radical (unpaired) electrons. The predicted molar refractivity (Wildman–Crippen MR) is 77.3 cm³/mol. The van der Waals surface area contributed by atoms with Gasteiger partial charge in [-0.3, -0.25) is 0 Å². The van der Waals surface area contributed by atoms with E-state index >= 15 is 0 Å². The van der Waals surface area contributed by atoms with Crippen molar-refractivity contribution in [2.45, 2.75) is 27.0 Å². The molecule has 0 saturated carbocycles. The van der Waals surface area contributed by atoms with Gasteiger partial charge in [0.05, 0.1) is 6.61 Å². The third kappa shape index (κ3) is 3.82. The van der Waals surface area contributed by atoms with E-state index in [4.69, 9.17) is 9.47 Å². The number of hydrazone groups is 1. The van der Waals surface area contributed by atoms with Crippen molar-refractivity contribution in [2.24, 2.45) is 16.9 Å². The Morgan fingerprint density at radius 3 is 2.86 bits per heavy atom. The molecule has 3 atom stereocenters. The maximum Gasteiger partial charge on any atom is 0.276 e. The summed E-state index contributed by atoms with van der Waals surface area (Å²) in [5.74, 6) is 1.27. The second-order valence-electron chi connectivity index (χ2n) is 5.61. The van der Waals surface area contributed by atoms with Crippen LogP contribution in [0.15, 0.2) is 5.10 Å². The van der Waals surface area contributed by atoms with Gasteiger partial charge in [-0.1, -0.05) is 6.92 Å². The smallest absolute Gasteiger partial charge is 0.276 e. The Balaban J connectivity index is 2.08. The molecule has 120 valence electrons. The lowest BCUT2D eigenvalue weighted by Crippen LogP contribution is -2.42. The topological polar surface area (TPSA) is 80.4 Å². The molecule has 0 aromatic heterocycles. The summed E-state index contributed by atoms with van der Waals surface area (Å²) in [6, 6.07) is 0. The molecule has 2 heterocycles. The van der Waals surface area contributed by atoms with Gasteiger partial charge in [0.25, 0.3) is 5.96 Å². The number of hydrogen-bond acceptors (Lipinski definition) is 4. The van der Waals surface area contributed by atoms with Crippen LogP contribution in [0, 0.1) is 22.0 Å². The molecular weight excluding hydrogens is 276 g/mol. The summed E-state index contributed by atoms with van der Waals surface area (Å²) in [7, 11) is 0. The Hall–Kier alpha value is -1.41. The maximum absolute atomic E-state index is 10.8. The summed E-state index contributed by atoms with van der Waals surface area (Å²) in [6.45, 7) is 10.2. The highest BCUT2D eigenvalue weighted by Gasteiger charge is 2.36. The van der Waals surface area contributed by atoms with Crippen molar-refractivity contribution in [3.8, 4) is 0 Å². The minimum absolute atomic E-state index is 0.212. The fourth-order valence-electron chi connectivity index (χ4n) is 2.87. The van der Waals surface area contributed by atoms with Gasteiger partial charge in [-0.05, 0) is 19.8 Å². The van der Waals surface area contributed by atoms with E-state index in [0.29, 0.717) is 37.6 Å². The van der Waals surface area contributed by atoms with Crippen LogP contribution in [0.25, 0.3) is 0 Å². The molecule has 2 aliphatic heterocycles. The lowest BCUT2D eigenvalue weighted by molar-refractivity contribution is -0.486. The minimum Gasteiger partial charge on any atom is -0.381 e. The van der Waals surface area contributed by atoms with Crippen molar-refractivity contribution in [3.05, 3.63) is 10.1 Å². The van der Waals surface area contributed by atoms with Crippen molar-refractivity contribution in [1.29, 1.82) is 0 Å². The predicted octanol–water partition coefficient (Wildman–Crippen LogP) is 0.817. The lowest BCUT2D eigenvalue weighted by atomic mass is 9.98. The van der Waals surface area contributed by atoms with E-state index in [0.717, 1.165) is 19.7 Å². The minimum atomic E-state index is -0.631. The second kappa shape index (κ2) is 7.04. The first-order chi connectivity index (χ1) is 10.0. The van der Waals surface area contributed by atoms with E-state index in [1.807, 2.05) is 23.6 Å². The van der Waals surface area contributed by atoms with Gasteiger partial charge in [0.2, 0.25) is 0 Å². The molecular formula is C13H24N4O4. The largest absolute Gasteiger partial charge is 0.381 e. The van der Waals surface area contributed by atoms with E-state index < -0.39 is 5.03 Å². The molecule has 0 aromatic carbocycles. The maximum atomic E-state index is 10.8. The summed E-state index contributed by atoms with van der Waals surface area (Å²) in [4.78, 5) is 14.7. The molecule has 0 aliphatic carbocycles. The van der Waals surface area contributed by atoms with Gasteiger partial charge in [0.1, 0.15) is 11.3 Å². The Labute approximate surface area is 124 Å². The summed E-state index contributed by atoms with van der Waals surface area (Å²) in [5.41, 5.74) is 0. The van der Waals surface area contributed by atoms with Crippen molar-refractivity contribution < 1.29 is 14.5 Å². The molecule has 2 rings (SSSR count). The van der Waals surface area contributed by atoms with Crippen LogP contribution in [0.3, 0.4) is 0 Å². The standard InChI is InChI=1S/C13H24N4O4/c1-4-21-11(3)16-6-5-15(13(16)14-17(18)19)7-12-9-20-8-10(12)2/h10-12H,4-9H2,1-3H3. The Morgan fingerprint density at radius 2 is 2.29 bits per heavy atom. The first-order valence-electron chi connectivity index (χ1n) is 7.46. The van der Waals surface area contributed by atoms with Gasteiger partial charge in [0.15, 0.2) is 5.03 Å². The zero-order valence-electron chi connectivity index (χ0n) is 12.9. The Kier molecular flexibility index (Phi) is 5.35. The normalized spacial score (nSPS) is 29.4. The molecule has 0 amide bonds. The van der Waals surface area contributed by atoms with Crippen LogP contribution in [-0.2, 0) is 9.47 Å². The number of hydrogen-bond donors (Lipinski definition) is 0. The Morgan fingerprint density at radius 1 is 1.52 bits per heavy atom. The fourth-order valence-corrected chi connectivity index (χ4v) is 2.87. The van der Waals surface area contributed by atoms with Crippen LogP contribution < -0.4 is 0 Å². The molecule has 8 heteroatoms. The highest BCUT2D eigenvalue weighted by atomic mass is 16.7. The summed E-state index contributed by atoms with van der Waals surface area (Å²) >= 11 is 0. The highest BCUT2D eigenvalue weighted by Crippen LogP contribution is 2.23. The van der Waals surface area contributed by atoms with E-state index in [1.165, 1.54) is 0 Å². The van der Waals surface area contributed by atoms with Crippen molar-refractivity contribution in [1.82, 2.24) is 9.80 Å². The van der Waals surface area contributed by atoms with Crippen LogP contribution >= 0.6 is 0 Å². The van der Waals surface area contributed by atoms with Gasteiger partial charge in [-0.25, -0.2) is 10.1 Å². The van der Waals surface area contributed by atoms with E-state index in [9.17, 15) is 10.1 Å². The average Bonchev–Trinajstić information content (AvgIpc) is 2.98. The summed E-state index contributed by atoms with van der Waals surface area (Å²) in [6.07, 6.45) is -0.212. The van der Waals surface area contributed by atoms with E-state index in [-0.39, 0.29) is 6.23 Å². The number of nitrogens with zero attached hydrogens (tertiary/aromatic N) is 4. The quantitative estimate of drug-likeness (QED) is 0.533. The van der Waals surface area contributed by atoms with Gasteiger partial charge in [-0.2, -0.15) is 0 Å². The highest BCUT2D eigenvalue weighted by molar-refractivity contribution is 5.81. The molecule has 8 nitrogen and oxygen atoms in total. The zero-order valence-corrected chi connectivity index (χ0v) is 12.9. The molecule has 21 heavy (non-hydrogen) atoms. The number of ether oxygens (including phenoxy) is 2. The molecule has 3 unspecified atom stereocenters. The SMILES string of the molecule is CCOC(C)N1CCN(CC2COCC2C)C1=N[N+](=O)[O-]. The van der Waals surface area contributed by atoms with Crippen LogP contribution in [0.4, 0.5) is 0 Å². The Bertz CT molecular complexity index is 404. The molecule has 0 bridgehead atoms. The average molecular weight is 300 g/mol. The van der Waals surface area contributed by atoms with E-state index in [1.54, 1.807) is 0 Å². The number of guanidine groups is 1. The molecule has 0 N–H and O–H groups in total. The molecule has 2 aliphatic rings. The number of rotatable bonds is 6. The van der Waals surface area contributed by atoms with Gasteiger partial charge >= 0.3 is 0 Å². The summed E-state index contributed by atoms with van der Waals surface area (Å²) < 4.78 is 11.0.